The predicted octanol–water partition coefficient (Wildman–Crippen LogP) is 3.47. The molecule has 0 radical (unpaired) electrons. The highest BCUT2D eigenvalue weighted by Gasteiger charge is 2.28. The lowest BCUT2D eigenvalue weighted by Gasteiger charge is -2.22. The average Bonchev–Trinajstić information content (AvgIpc) is 3.33. The minimum absolute atomic E-state index is 0.0580. The molecule has 1 amide bonds. The van der Waals surface area contributed by atoms with Crippen LogP contribution in [0.1, 0.15) is 34.5 Å². The third kappa shape index (κ3) is 3.12. The van der Waals surface area contributed by atoms with Gasteiger partial charge in [0.05, 0.1) is 22.9 Å². The van der Waals surface area contributed by atoms with Gasteiger partial charge >= 0.3 is 0 Å². The molecule has 0 saturated carbocycles. The summed E-state index contributed by atoms with van der Waals surface area (Å²) in [6.45, 7) is 5.45. The highest BCUT2D eigenvalue weighted by atomic mass is 32.1. The van der Waals surface area contributed by atoms with Crippen molar-refractivity contribution in [2.75, 3.05) is 18.1 Å². The van der Waals surface area contributed by atoms with Crippen LogP contribution in [0.15, 0.2) is 24.4 Å². The maximum atomic E-state index is 13.2. The second kappa shape index (κ2) is 6.81. The number of nitrogens with zero attached hydrogens (tertiary/aromatic N) is 4. The molecule has 1 aromatic carbocycles. The number of fused-ring (bicyclic) bond motifs is 1. The number of carbonyl (C=O) groups is 1. The Hall–Kier alpha value is -2.25. The molecule has 6 nitrogen and oxygen atoms in total. The van der Waals surface area contributed by atoms with Crippen molar-refractivity contribution >= 4 is 32.6 Å². The molecule has 7 heteroatoms. The molecule has 1 atom stereocenters. The lowest BCUT2D eigenvalue weighted by Crippen LogP contribution is -2.38. The monoisotopic (exact) mass is 370 g/mol. The second-order valence-electron chi connectivity index (χ2n) is 6.79. The van der Waals surface area contributed by atoms with E-state index in [0.29, 0.717) is 17.4 Å². The van der Waals surface area contributed by atoms with Gasteiger partial charge in [0.2, 0.25) is 0 Å². The van der Waals surface area contributed by atoms with Gasteiger partial charge < -0.3 is 4.74 Å². The maximum absolute atomic E-state index is 13.2. The number of anilines is 1. The van der Waals surface area contributed by atoms with Crippen LogP contribution in [0.4, 0.5) is 5.13 Å². The van der Waals surface area contributed by atoms with E-state index in [1.807, 2.05) is 0 Å². The van der Waals surface area contributed by atoms with Crippen molar-refractivity contribution in [2.24, 2.45) is 7.05 Å². The first-order valence-corrected chi connectivity index (χ1v) is 9.64. The zero-order valence-corrected chi connectivity index (χ0v) is 16.0. The molecule has 0 N–H and O–H groups in total. The molecule has 3 aromatic rings. The Kier molecular flexibility index (Phi) is 4.50. The third-order valence-electron chi connectivity index (χ3n) is 4.92. The van der Waals surface area contributed by atoms with Gasteiger partial charge in [0, 0.05) is 19.9 Å². The Balaban J connectivity index is 1.74. The smallest absolute Gasteiger partial charge is 0.278 e. The van der Waals surface area contributed by atoms with Gasteiger partial charge in [0.15, 0.2) is 5.13 Å². The minimum Gasteiger partial charge on any atom is -0.376 e. The van der Waals surface area contributed by atoms with E-state index in [1.54, 1.807) is 40.2 Å². The molecule has 1 fully saturated rings. The number of aryl methyl sites for hydroxylation is 3. The number of amides is 1. The molecule has 4 rings (SSSR count). The topological polar surface area (TPSA) is 60.3 Å². The Morgan fingerprint density at radius 1 is 1.38 bits per heavy atom. The molecule has 0 bridgehead atoms. The number of aromatic nitrogens is 3. The third-order valence-corrected chi connectivity index (χ3v) is 5.96. The van der Waals surface area contributed by atoms with Gasteiger partial charge in [-0.05, 0) is 56.0 Å². The first kappa shape index (κ1) is 17.2. The normalized spacial score (nSPS) is 17.1. The highest BCUT2D eigenvalue weighted by Crippen LogP contribution is 2.32. The summed E-state index contributed by atoms with van der Waals surface area (Å²) in [7, 11) is 1.78. The number of rotatable bonds is 4. The zero-order chi connectivity index (χ0) is 18.3. The average molecular weight is 370 g/mol. The van der Waals surface area contributed by atoms with Gasteiger partial charge in [-0.2, -0.15) is 5.10 Å². The fraction of sp³-hybridized carbons (Fsp3) is 0.421. The van der Waals surface area contributed by atoms with Crippen molar-refractivity contribution in [3.8, 4) is 0 Å². The van der Waals surface area contributed by atoms with E-state index in [4.69, 9.17) is 9.72 Å². The molecular weight excluding hydrogens is 348 g/mol. The Morgan fingerprint density at radius 3 is 2.88 bits per heavy atom. The van der Waals surface area contributed by atoms with Crippen LogP contribution in [0.2, 0.25) is 0 Å². The summed E-state index contributed by atoms with van der Waals surface area (Å²) in [5.41, 5.74) is 3.92. The standard InChI is InChI=1S/C19H22N4O2S/c1-12-9-15-17(10-13(12)2)26-19(21-15)23(11-14-5-4-8-25-14)18(24)16-6-7-20-22(16)3/h6-7,9-10,14H,4-5,8,11H2,1-3H3. The lowest BCUT2D eigenvalue weighted by atomic mass is 10.1. The van der Waals surface area contributed by atoms with Crippen molar-refractivity contribution in [1.29, 1.82) is 0 Å². The number of benzene rings is 1. The Morgan fingerprint density at radius 2 is 2.19 bits per heavy atom. The van der Waals surface area contributed by atoms with Gasteiger partial charge in [0.1, 0.15) is 5.69 Å². The molecule has 1 unspecified atom stereocenters. The summed E-state index contributed by atoms with van der Waals surface area (Å²) >= 11 is 1.55. The van der Waals surface area contributed by atoms with Crippen LogP contribution in [-0.4, -0.2) is 39.9 Å². The van der Waals surface area contributed by atoms with Crippen molar-refractivity contribution in [3.05, 3.63) is 41.2 Å². The van der Waals surface area contributed by atoms with Crippen LogP contribution in [-0.2, 0) is 11.8 Å². The van der Waals surface area contributed by atoms with Crippen molar-refractivity contribution < 1.29 is 9.53 Å². The Labute approximate surface area is 156 Å². The fourth-order valence-corrected chi connectivity index (χ4v) is 4.30. The van der Waals surface area contributed by atoms with Crippen LogP contribution < -0.4 is 4.90 Å². The Bertz CT molecular complexity index is 917. The largest absolute Gasteiger partial charge is 0.376 e. The van der Waals surface area contributed by atoms with Gasteiger partial charge in [-0.1, -0.05) is 11.3 Å². The molecule has 0 spiro atoms. The van der Waals surface area contributed by atoms with Crippen molar-refractivity contribution in [2.45, 2.75) is 32.8 Å². The minimum atomic E-state index is -0.0898. The molecule has 1 aliphatic heterocycles. The quantitative estimate of drug-likeness (QED) is 0.705. The van der Waals surface area contributed by atoms with E-state index >= 15 is 0 Å². The summed E-state index contributed by atoms with van der Waals surface area (Å²) in [6.07, 6.45) is 3.71. The summed E-state index contributed by atoms with van der Waals surface area (Å²) in [4.78, 5) is 19.7. The first-order chi connectivity index (χ1) is 12.5. The number of ether oxygens (including phenoxy) is 1. The van der Waals surface area contributed by atoms with Gasteiger partial charge in [-0.3, -0.25) is 14.4 Å². The number of carbonyl (C=O) groups excluding carboxylic acids is 1. The van der Waals surface area contributed by atoms with Gasteiger partial charge in [-0.15, -0.1) is 0 Å². The van der Waals surface area contributed by atoms with Crippen LogP contribution in [0.25, 0.3) is 10.2 Å². The number of hydrogen-bond acceptors (Lipinski definition) is 5. The predicted molar refractivity (Wildman–Crippen MR) is 103 cm³/mol. The first-order valence-electron chi connectivity index (χ1n) is 8.82. The summed E-state index contributed by atoms with van der Waals surface area (Å²) in [5, 5.41) is 4.85. The molecule has 0 aliphatic carbocycles. The van der Waals surface area contributed by atoms with Gasteiger partial charge in [-0.25, -0.2) is 4.98 Å². The molecule has 136 valence electrons. The summed E-state index contributed by atoms with van der Waals surface area (Å²) in [5.74, 6) is -0.0898. The summed E-state index contributed by atoms with van der Waals surface area (Å²) < 4.78 is 8.47. The molecule has 1 aliphatic rings. The van der Waals surface area contributed by atoms with Crippen molar-refractivity contribution in [1.82, 2.24) is 14.8 Å². The van der Waals surface area contributed by atoms with E-state index in [1.165, 1.54) is 11.1 Å². The number of thiazole rings is 1. The van der Waals surface area contributed by atoms with E-state index in [0.717, 1.165) is 29.7 Å². The second-order valence-corrected chi connectivity index (χ2v) is 7.80. The molecule has 3 heterocycles. The van der Waals surface area contributed by atoms with E-state index in [2.05, 4.69) is 31.1 Å². The zero-order valence-electron chi connectivity index (χ0n) is 15.2. The van der Waals surface area contributed by atoms with Crippen molar-refractivity contribution in [3.63, 3.8) is 0 Å². The fourth-order valence-electron chi connectivity index (χ4n) is 3.25. The van der Waals surface area contributed by atoms with E-state index in [-0.39, 0.29) is 12.0 Å². The molecular formula is C19H22N4O2S. The van der Waals surface area contributed by atoms with E-state index < -0.39 is 0 Å². The maximum Gasteiger partial charge on any atom is 0.278 e. The SMILES string of the molecule is Cc1cc2nc(N(CC3CCCO3)C(=O)c3ccnn3C)sc2cc1C. The van der Waals surface area contributed by atoms with Gasteiger partial charge in [0.25, 0.3) is 5.91 Å². The molecule has 26 heavy (non-hydrogen) atoms. The van der Waals surface area contributed by atoms with Crippen LogP contribution >= 0.6 is 11.3 Å². The van der Waals surface area contributed by atoms with Crippen LogP contribution in [0.5, 0.6) is 0 Å². The highest BCUT2D eigenvalue weighted by molar-refractivity contribution is 7.22. The number of hydrogen-bond donors (Lipinski definition) is 0. The van der Waals surface area contributed by atoms with Crippen LogP contribution in [0.3, 0.4) is 0 Å². The van der Waals surface area contributed by atoms with E-state index in [9.17, 15) is 4.79 Å². The van der Waals surface area contributed by atoms with Crippen LogP contribution in [0, 0.1) is 13.8 Å². The molecule has 2 aromatic heterocycles. The summed E-state index contributed by atoms with van der Waals surface area (Å²) in [6, 6.07) is 5.97. The molecule has 1 saturated heterocycles. The lowest BCUT2D eigenvalue weighted by molar-refractivity contribution is 0.0910.